The van der Waals surface area contributed by atoms with E-state index < -0.39 is 6.10 Å². The van der Waals surface area contributed by atoms with E-state index in [0.29, 0.717) is 52.4 Å². The average molecular weight is 446 g/mol. The van der Waals surface area contributed by atoms with Gasteiger partial charge in [0.1, 0.15) is 6.61 Å². The van der Waals surface area contributed by atoms with Gasteiger partial charge in [-0.2, -0.15) is 0 Å². The van der Waals surface area contributed by atoms with Crippen molar-refractivity contribution in [2.24, 2.45) is 5.92 Å². The van der Waals surface area contributed by atoms with Gasteiger partial charge in [-0.1, -0.05) is 30.3 Å². The van der Waals surface area contributed by atoms with Crippen molar-refractivity contribution in [3.63, 3.8) is 0 Å². The lowest BCUT2D eigenvalue weighted by molar-refractivity contribution is -0.142. The molecule has 2 atom stereocenters. The summed E-state index contributed by atoms with van der Waals surface area (Å²) in [6.45, 7) is 7.26. The normalized spacial score (nSPS) is 21.5. The summed E-state index contributed by atoms with van der Waals surface area (Å²) < 4.78 is 11.3. The van der Waals surface area contributed by atoms with E-state index in [-0.39, 0.29) is 36.8 Å². The third-order valence-electron chi connectivity index (χ3n) is 6.19. The molecule has 0 unspecified atom stereocenters. The second-order valence-corrected chi connectivity index (χ2v) is 8.35. The summed E-state index contributed by atoms with van der Waals surface area (Å²) in [5.74, 6) is -0.445. The molecule has 0 N–H and O–H groups in total. The highest BCUT2D eigenvalue weighted by molar-refractivity contribution is 5.86. The van der Waals surface area contributed by atoms with Gasteiger partial charge in [-0.25, -0.2) is 0 Å². The summed E-state index contributed by atoms with van der Waals surface area (Å²) in [5, 5.41) is 0. The van der Waals surface area contributed by atoms with Gasteiger partial charge in [0.15, 0.2) is 0 Å². The third-order valence-corrected chi connectivity index (χ3v) is 6.19. The number of carbonyl (C=O) groups is 3. The van der Waals surface area contributed by atoms with Crippen LogP contribution in [0.25, 0.3) is 0 Å². The first-order chi connectivity index (χ1) is 15.5. The molecule has 8 heteroatoms. The Hall–Kier alpha value is -2.45. The Morgan fingerprint density at radius 2 is 1.91 bits per heavy atom. The summed E-state index contributed by atoms with van der Waals surface area (Å²) in [7, 11) is 0. The van der Waals surface area contributed by atoms with Crippen molar-refractivity contribution in [2.45, 2.75) is 32.8 Å². The van der Waals surface area contributed by atoms with Gasteiger partial charge in [0, 0.05) is 39.3 Å². The maximum atomic E-state index is 13.0. The zero-order valence-electron chi connectivity index (χ0n) is 19.2. The molecule has 0 aliphatic carbocycles. The number of benzene rings is 1. The average Bonchev–Trinajstić information content (AvgIpc) is 3.29. The largest absolute Gasteiger partial charge is 0.381 e. The Labute approximate surface area is 190 Å². The SMILES string of the molecule is CCN(CC)C(=O)CO[C@H]1CN(CCc2ccccc2)C(=O)CN(C(=O)[C@H]2CCOC2)C1. The summed E-state index contributed by atoms with van der Waals surface area (Å²) in [4.78, 5) is 43.5. The maximum Gasteiger partial charge on any atom is 0.248 e. The number of likely N-dealkylation sites (N-methyl/N-ethyl adjacent to an activating group) is 1. The molecule has 0 spiro atoms. The first kappa shape index (κ1) is 24.2. The van der Waals surface area contributed by atoms with Crippen molar-refractivity contribution < 1.29 is 23.9 Å². The molecule has 0 bridgehead atoms. The molecule has 8 nitrogen and oxygen atoms in total. The topological polar surface area (TPSA) is 79.4 Å². The maximum absolute atomic E-state index is 13.0. The van der Waals surface area contributed by atoms with Crippen LogP contribution in [0.3, 0.4) is 0 Å². The smallest absolute Gasteiger partial charge is 0.248 e. The van der Waals surface area contributed by atoms with Crippen LogP contribution >= 0.6 is 0 Å². The number of ether oxygens (including phenoxy) is 2. The number of amides is 3. The van der Waals surface area contributed by atoms with Gasteiger partial charge in [0.25, 0.3) is 0 Å². The fourth-order valence-corrected chi connectivity index (χ4v) is 4.22. The molecule has 0 aromatic heterocycles. The molecule has 0 saturated carbocycles. The predicted molar refractivity (Wildman–Crippen MR) is 120 cm³/mol. The quantitative estimate of drug-likeness (QED) is 0.571. The zero-order valence-corrected chi connectivity index (χ0v) is 19.2. The lowest BCUT2D eigenvalue weighted by Gasteiger charge is -2.27. The molecule has 2 aliphatic heterocycles. The van der Waals surface area contributed by atoms with Crippen LogP contribution in [0, 0.1) is 5.92 Å². The van der Waals surface area contributed by atoms with Crippen molar-refractivity contribution in [1.29, 1.82) is 0 Å². The summed E-state index contributed by atoms with van der Waals surface area (Å²) in [6.07, 6.45) is 0.984. The van der Waals surface area contributed by atoms with E-state index in [9.17, 15) is 14.4 Å². The lowest BCUT2D eigenvalue weighted by atomic mass is 10.1. The molecule has 1 aromatic rings. The van der Waals surface area contributed by atoms with Crippen molar-refractivity contribution in [3.05, 3.63) is 35.9 Å². The molecule has 1 aromatic carbocycles. The second-order valence-electron chi connectivity index (χ2n) is 8.35. The Morgan fingerprint density at radius 1 is 1.16 bits per heavy atom. The highest BCUT2D eigenvalue weighted by Crippen LogP contribution is 2.18. The molecule has 176 valence electrons. The van der Waals surface area contributed by atoms with Crippen LogP contribution in [0.1, 0.15) is 25.8 Å². The number of hydrogen-bond acceptors (Lipinski definition) is 5. The van der Waals surface area contributed by atoms with Gasteiger partial charge in [-0.15, -0.1) is 0 Å². The molecule has 3 rings (SSSR count). The highest BCUT2D eigenvalue weighted by Gasteiger charge is 2.35. The van der Waals surface area contributed by atoms with Crippen LogP contribution in [0.4, 0.5) is 0 Å². The minimum Gasteiger partial charge on any atom is -0.381 e. The van der Waals surface area contributed by atoms with Crippen molar-refractivity contribution in [2.75, 3.05) is 59.1 Å². The van der Waals surface area contributed by atoms with E-state index in [1.165, 1.54) is 0 Å². The standard InChI is InChI=1S/C24H35N3O5/c1-3-25(4-2)23(29)18-32-21-14-26(12-10-19-8-6-5-7-9-19)22(28)16-27(15-21)24(30)20-11-13-31-17-20/h5-9,20-21H,3-4,10-18H2,1-2H3/t20-,21-/m0/s1. The summed E-state index contributed by atoms with van der Waals surface area (Å²) in [5.41, 5.74) is 1.15. The van der Waals surface area contributed by atoms with Gasteiger partial charge in [-0.05, 0) is 32.3 Å². The molecule has 32 heavy (non-hydrogen) atoms. The summed E-state index contributed by atoms with van der Waals surface area (Å²) in [6, 6.07) is 10.0. The minimum atomic E-state index is -0.414. The van der Waals surface area contributed by atoms with Crippen molar-refractivity contribution in [1.82, 2.24) is 14.7 Å². The van der Waals surface area contributed by atoms with E-state index in [4.69, 9.17) is 9.47 Å². The van der Waals surface area contributed by atoms with E-state index in [2.05, 4.69) is 0 Å². The van der Waals surface area contributed by atoms with Gasteiger partial charge >= 0.3 is 0 Å². The molecular weight excluding hydrogens is 410 g/mol. The zero-order chi connectivity index (χ0) is 22.9. The van der Waals surface area contributed by atoms with Crippen LogP contribution in [0.2, 0.25) is 0 Å². The fraction of sp³-hybridized carbons (Fsp3) is 0.625. The van der Waals surface area contributed by atoms with E-state index in [1.54, 1.807) is 14.7 Å². The van der Waals surface area contributed by atoms with Crippen LogP contribution in [-0.4, -0.2) is 97.6 Å². The fourth-order valence-electron chi connectivity index (χ4n) is 4.22. The van der Waals surface area contributed by atoms with Gasteiger partial charge in [0.2, 0.25) is 17.7 Å². The number of hydrogen-bond donors (Lipinski definition) is 0. The molecular formula is C24H35N3O5. The van der Waals surface area contributed by atoms with Crippen molar-refractivity contribution in [3.8, 4) is 0 Å². The van der Waals surface area contributed by atoms with Crippen LogP contribution < -0.4 is 0 Å². The lowest BCUT2D eigenvalue weighted by Crippen LogP contribution is -2.43. The molecule has 0 radical (unpaired) electrons. The molecule has 2 saturated heterocycles. The Bertz CT molecular complexity index is 762. The number of carbonyl (C=O) groups excluding carboxylic acids is 3. The Kier molecular flexibility index (Phi) is 9.05. The first-order valence-electron chi connectivity index (χ1n) is 11.6. The molecule has 2 aliphatic rings. The van der Waals surface area contributed by atoms with E-state index in [1.807, 2.05) is 44.2 Å². The van der Waals surface area contributed by atoms with Crippen LogP contribution in [-0.2, 0) is 30.3 Å². The number of nitrogens with zero attached hydrogens (tertiary/aromatic N) is 3. The third kappa shape index (κ3) is 6.53. The number of rotatable bonds is 9. The second kappa shape index (κ2) is 12.0. The van der Waals surface area contributed by atoms with Gasteiger partial charge < -0.3 is 24.2 Å². The highest BCUT2D eigenvalue weighted by atomic mass is 16.5. The first-order valence-corrected chi connectivity index (χ1v) is 11.6. The van der Waals surface area contributed by atoms with Gasteiger partial charge in [0.05, 0.1) is 25.2 Å². The van der Waals surface area contributed by atoms with Crippen LogP contribution in [0.15, 0.2) is 30.3 Å². The molecule has 2 fully saturated rings. The monoisotopic (exact) mass is 445 g/mol. The van der Waals surface area contributed by atoms with Gasteiger partial charge in [-0.3, -0.25) is 14.4 Å². The van der Waals surface area contributed by atoms with Crippen LogP contribution in [0.5, 0.6) is 0 Å². The Morgan fingerprint density at radius 3 is 2.56 bits per heavy atom. The van der Waals surface area contributed by atoms with E-state index >= 15 is 0 Å². The molecule has 3 amide bonds. The molecule has 2 heterocycles. The van der Waals surface area contributed by atoms with E-state index in [0.717, 1.165) is 12.0 Å². The minimum absolute atomic E-state index is 0.0357. The Balaban J connectivity index is 1.68. The summed E-state index contributed by atoms with van der Waals surface area (Å²) >= 11 is 0. The van der Waals surface area contributed by atoms with Crippen molar-refractivity contribution >= 4 is 17.7 Å². The predicted octanol–water partition coefficient (Wildman–Crippen LogP) is 1.19.